The standard InChI is InChI=1S/C25H23FN6O2.ClH/c1-34-21-5-4-14(11-20(21)33)22-18-13-29-31-24(18)25(32-8-6-17(28)7-9-32)30-23(22)15-2-3-16(12-27)19(26)10-15;/h2-5,10-11,13,17,33H,6-9,28H2,1H3,(H,29,31);1H. The van der Waals surface area contributed by atoms with Gasteiger partial charge in [-0.25, -0.2) is 9.37 Å². The number of nitriles is 1. The van der Waals surface area contributed by atoms with Crippen molar-refractivity contribution in [2.75, 3.05) is 25.1 Å². The number of aromatic hydroxyl groups is 1. The minimum Gasteiger partial charge on any atom is -0.504 e. The van der Waals surface area contributed by atoms with Crippen molar-refractivity contribution in [3.8, 4) is 40.0 Å². The summed E-state index contributed by atoms with van der Waals surface area (Å²) < 4.78 is 19.8. The predicted molar refractivity (Wildman–Crippen MR) is 134 cm³/mol. The molecule has 0 saturated carbocycles. The van der Waals surface area contributed by atoms with Crippen LogP contribution in [0.15, 0.2) is 42.6 Å². The van der Waals surface area contributed by atoms with Crippen molar-refractivity contribution in [2.24, 2.45) is 5.73 Å². The number of hydrogen-bond acceptors (Lipinski definition) is 7. The highest BCUT2D eigenvalue weighted by Gasteiger charge is 2.25. The van der Waals surface area contributed by atoms with Crippen LogP contribution in [0, 0.1) is 17.1 Å². The zero-order chi connectivity index (χ0) is 23.8. The number of rotatable bonds is 4. The summed E-state index contributed by atoms with van der Waals surface area (Å²) in [7, 11) is 1.48. The van der Waals surface area contributed by atoms with Gasteiger partial charge >= 0.3 is 0 Å². The van der Waals surface area contributed by atoms with Crippen LogP contribution in [0.3, 0.4) is 0 Å². The van der Waals surface area contributed by atoms with E-state index in [4.69, 9.17) is 20.7 Å². The summed E-state index contributed by atoms with van der Waals surface area (Å²) in [6, 6.07) is 11.5. The number of hydrogen-bond donors (Lipinski definition) is 3. The van der Waals surface area contributed by atoms with Gasteiger partial charge in [0.15, 0.2) is 17.3 Å². The number of ether oxygens (including phenoxy) is 1. The van der Waals surface area contributed by atoms with Crippen molar-refractivity contribution in [2.45, 2.75) is 18.9 Å². The molecular weight excluding hydrogens is 471 g/mol. The Kier molecular flexibility index (Phi) is 6.78. The lowest BCUT2D eigenvalue weighted by Crippen LogP contribution is -2.40. The van der Waals surface area contributed by atoms with Gasteiger partial charge in [-0.05, 0) is 42.7 Å². The zero-order valence-electron chi connectivity index (χ0n) is 19.0. The summed E-state index contributed by atoms with van der Waals surface area (Å²) in [5, 5.41) is 27.7. The maximum Gasteiger partial charge on any atom is 0.160 e. The average molecular weight is 495 g/mol. The van der Waals surface area contributed by atoms with Crippen LogP contribution in [0.2, 0.25) is 0 Å². The van der Waals surface area contributed by atoms with E-state index in [0.29, 0.717) is 34.0 Å². The SMILES string of the molecule is COc1ccc(-c2c(-c3ccc(C#N)c(F)c3)nc(N3CCC(N)CC3)c3[nH]ncc23)cc1O.Cl. The van der Waals surface area contributed by atoms with Gasteiger partial charge in [0.25, 0.3) is 0 Å². The van der Waals surface area contributed by atoms with Crippen LogP contribution in [0.25, 0.3) is 33.3 Å². The first-order valence-corrected chi connectivity index (χ1v) is 10.9. The summed E-state index contributed by atoms with van der Waals surface area (Å²) >= 11 is 0. The van der Waals surface area contributed by atoms with Gasteiger partial charge in [0.1, 0.15) is 17.4 Å². The molecule has 0 amide bonds. The monoisotopic (exact) mass is 494 g/mol. The first kappa shape index (κ1) is 24.3. The van der Waals surface area contributed by atoms with Crippen LogP contribution < -0.4 is 15.4 Å². The number of benzene rings is 2. The first-order valence-electron chi connectivity index (χ1n) is 10.9. The second-order valence-electron chi connectivity index (χ2n) is 8.34. The number of phenolic OH excluding ortho intramolecular Hbond substituents is 1. The lowest BCUT2D eigenvalue weighted by atomic mass is 9.95. The summed E-state index contributed by atoms with van der Waals surface area (Å²) in [6.45, 7) is 1.48. The van der Waals surface area contributed by atoms with Gasteiger partial charge in [-0.3, -0.25) is 5.10 Å². The number of methoxy groups -OCH3 is 1. The zero-order valence-corrected chi connectivity index (χ0v) is 19.8. The fourth-order valence-electron chi connectivity index (χ4n) is 4.43. The van der Waals surface area contributed by atoms with E-state index in [1.165, 1.54) is 19.2 Å². The largest absolute Gasteiger partial charge is 0.504 e. The summed E-state index contributed by atoms with van der Waals surface area (Å²) in [6.07, 6.45) is 3.38. The number of fused-ring (bicyclic) bond motifs is 1. The number of nitrogens with one attached hydrogen (secondary N) is 1. The number of aromatic nitrogens is 3. The number of piperidine rings is 1. The molecule has 8 nitrogen and oxygen atoms in total. The third-order valence-electron chi connectivity index (χ3n) is 6.26. The van der Waals surface area contributed by atoms with Crippen molar-refractivity contribution >= 4 is 29.1 Å². The molecule has 4 aromatic rings. The molecule has 180 valence electrons. The molecule has 2 aromatic heterocycles. The molecule has 1 fully saturated rings. The van der Waals surface area contributed by atoms with E-state index in [0.717, 1.165) is 36.8 Å². The number of nitrogens with two attached hydrogens (primary N) is 1. The Labute approximate surface area is 207 Å². The molecule has 3 heterocycles. The van der Waals surface area contributed by atoms with Crippen molar-refractivity contribution in [3.63, 3.8) is 0 Å². The van der Waals surface area contributed by atoms with Crippen molar-refractivity contribution in [1.29, 1.82) is 5.26 Å². The summed E-state index contributed by atoms with van der Waals surface area (Å²) in [4.78, 5) is 7.14. The van der Waals surface area contributed by atoms with Gasteiger partial charge in [-0.15, -0.1) is 12.4 Å². The molecule has 0 spiro atoms. The Hall–Kier alpha value is -3.87. The molecule has 35 heavy (non-hydrogen) atoms. The highest BCUT2D eigenvalue weighted by atomic mass is 35.5. The van der Waals surface area contributed by atoms with Crippen LogP contribution in [0.5, 0.6) is 11.5 Å². The lowest BCUT2D eigenvalue weighted by molar-refractivity contribution is 0.373. The number of nitrogens with zero attached hydrogens (tertiary/aromatic N) is 4. The first-order chi connectivity index (χ1) is 16.5. The molecule has 1 aliphatic rings. The maximum absolute atomic E-state index is 14.6. The van der Waals surface area contributed by atoms with Gasteiger partial charge in [-0.1, -0.05) is 12.1 Å². The molecule has 0 atom stereocenters. The minimum absolute atomic E-state index is 0. The number of anilines is 1. The van der Waals surface area contributed by atoms with Crippen LogP contribution in [-0.4, -0.2) is 46.5 Å². The van der Waals surface area contributed by atoms with E-state index in [1.54, 1.807) is 24.4 Å². The normalized spacial score (nSPS) is 13.9. The second kappa shape index (κ2) is 9.78. The number of phenols is 1. The van der Waals surface area contributed by atoms with E-state index < -0.39 is 5.82 Å². The Bertz CT molecular complexity index is 1430. The number of aromatic amines is 1. The summed E-state index contributed by atoms with van der Waals surface area (Å²) in [5.41, 5.74) is 9.20. The Balaban J connectivity index is 0.00000289. The third-order valence-corrected chi connectivity index (χ3v) is 6.26. The van der Waals surface area contributed by atoms with Gasteiger partial charge in [0.2, 0.25) is 0 Å². The van der Waals surface area contributed by atoms with Gasteiger partial charge in [-0.2, -0.15) is 10.4 Å². The van der Waals surface area contributed by atoms with Crippen LogP contribution >= 0.6 is 12.4 Å². The molecule has 1 aliphatic heterocycles. The maximum atomic E-state index is 14.6. The van der Waals surface area contributed by atoms with Gasteiger partial charge in [0, 0.05) is 35.6 Å². The van der Waals surface area contributed by atoms with Crippen molar-refractivity contribution in [1.82, 2.24) is 15.2 Å². The van der Waals surface area contributed by atoms with E-state index in [2.05, 4.69) is 15.1 Å². The molecule has 5 rings (SSSR count). The molecule has 2 aromatic carbocycles. The molecule has 1 saturated heterocycles. The molecule has 0 radical (unpaired) electrons. The van der Waals surface area contributed by atoms with Crippen LogP contribution in [0.4, 0.5) is 10.2 Å². The lowest BCUT2D eigenvalue weighted by Gasteiger charge is -2.32. The third kappa shape index (κ3) is 4.34. The topological polar surface area (TPSA) is 124 Å². The van der Waals surface area contributed by atoms with Gasteiger partial charge < -0.3 is 20.5 Å². The van der Waals surface area contributed by atoms with Crippen LogP contribution in [-0.2, 0) is 0 Å². The van der Waals surface area contributed by atoms with E-state index in [9.17, 15) is 9.50 Å². The van der Waals surface area contributed by atoms with E-state index in [-0.39, 0.29) is 29.8 Å². The quantitative estimate of drug-likeness (QED) is 0.385. The molecule has 4 N–H and O–H groups in total. The highest BCUT2D eigenvalue weighted by Crippen LogP contribution is 2.42. The molecule has 10 heteroatoms. The van der Waals surface area contributed by atoms with Crippen LogP contribution in [0.1, 0.15) is 18.4 Å². The Morgan fingerprint density at radius 1 is 1.20 bits per heavy atom. The number of halogens is 2. The number of pyridine rings is 1. The van der Waals surface area contributed by atoms with Crippen molar-refractivity contribution < 1.29 is 14.2 Å². The predicted octanol–water partition coefficient (Wildman–Crippen LogP) is 4.37. The molecular formula is C25H24ClFN6O2. The fourth-order valence-corrected chi connectivity index (χ4v) is 4.43. The number of H-pyrrole nitrogens is 1. The highest BCUT2D eigenvalue weighted by molar-refractivity contribution is 6.05. The molecule has 0 aliphatic carbocycles. The fraction of sp³-hybridized carbons (Fsp3) is 0.240. The molecule has 0 unspecified atom stereocenters. The summed E-state index contributed by atoms with van der Waals surface area (Å²) in [5.74, 6) is 0.402. The Morgan fingerprint density at radius 2 is 1.94 bits per heavy atom. The van der Waals surface area contributed by atoms with Crippen molar-refractivity contribution in [3.05, 3.63) is 54.0 Å². The van der Waals surface area contributed by atoms with Gasteiger partial charge in [0.05, 0.1) is 24.6 Å². The van der Waals surface area contributed by atoms with E-state index in [1.807, 2.05) is 12.1 Å². The smallest absolute Gasteiger partial charge is 0.160 e. The second-order valence-corrected chi connectivity index (χ2v) is 8.34. The van der Waals surface area contributed by atoms with E-state index >= 15 is 0 Å². The average Bonchev–Trinajstić information content (AvgIpc) is 3.33. The molecule has 0 bridgehead atoms. The minimum atomic E-state index is -0.622. The Morgan fingerprint density at radius 3 is 2.60 bits per heavy atom.